The van der Waals surface area contributed by atoms with Gasteiger partial charge >= 0.3 is 0 Å². The summed E-state index contributed by atoms with van der Waals surface area (Å²) in [6, 6.07) is 4.32. The number of hydrogen-bond acceptors (Lipinski definition) is 2. The van der Waals surface area contributed by atoms with E-state index in [1.54, 1.807) is 0 Å². The molecule has 0 saturated heterocycles. The Hall–Kier alpha value is -1.05. The zero-order chi connectivity index (χ0) is 12.9. The molecule has 1 unspecified atom stereocenters. The van der Waals surface area contributed by atoms with Gasteiger partial charge in [0.1, 0.15) is 5.82 Å². The standard InChI is InChI=1S/C15H26N2/c1-6-7-8-12(2)13-9-10-16-14(11-13)17-15(3,4)5/h9-12H,6-8H2,1-5H3,(H,16,17). The van der Waals surface area contributed by atoms with Crippen LogP contribution >= 0.6 is 0 Å². The molecule has 2 heteroatoms. The molecular formula is C15H26N2. The van der Waals surface area contributed by atoms with Gasteiger partial charge in [-0.2, -0.15) is 0 Å². The van der Waals surface area contributed by atoms with Gasteiger partial charge in [0.05, 0.1) is 0 Å². The molecule has 0 aliphatic rings. The molecule has 96 valence electrons. The molecule has 0 aliphatic carbocycles. The van der Waals surface area contributed by atoms with Gasteiger partial charge in [-0.1, -0.05) is 26.7 Å². The molecule has 0 saturated carbocycles. The van der Waals surface area contributed by atoms with Crippen molar-refractivity contribution in [2.24, 2.45) is 0 Å². The lowest BCUT2D eigenvalue weighted by molar-refractivity contribution is 0.618. The molecule has 0 aromatic carbocycles. The van der Waals surface area contributed by atoms with Crippen molar-refractivity contribution in [3.8, 4) is 0 Å². The Bertz CT molecular complexity index is 339. The highest BCUT2D eigenvalue weighted by Gasteiger charge is 2.11. The fourth-order valence-electron chi connectivity index (χ4n) is 1.88. The maximum absolute atomic E-state index is 4.38. The minimum Gasteiger partial charge on any atom is -0.365 e. The number of anilines is 1. The van der Waals surface area contributed by atoms with Crippen LogP contribution < -0.4 is 5.32 Å². The predicted octanol–water partition coefficient (Wildman–Crippen LogP) is 4.59. The van der Waals surface area contributed by atoms with E-state index < -0.39 is 0 Å². The van der Waals surface area contributed by atoms with E-state index in [4.69, 9.17) is 0 Å². The van der Waals surface area contributed by atoms with E-state index in [9.17, 15) is 0 Å². The fraction of sp³-hybridized carbons (Fsp3) is 0.667. The van der Waals surface area contributed by atoms with Crippen LogP contribution in [0.15, 0.2) is 18.3 Å². The van der Waals surface area contributed by atoms with E-state index >= 15 is 0 Å². The molecule has 17 heavy (non-hydrogen) atoms. The highest BCUT2D eigenvalue weighted by atomic mass is 15.0. The number of unbranched alkanes of at least 4 members (excludes halogenated alkanes) is 1. The summed E-state index contributed by atoms with van der Waals surface area (Å²) in [7, 11) is 0. The van der Waals surface area contributed by atoms with Crippen LogP contribution in [0.1, 0.15) is 65.4 Å². The summed E-state index contributed by atoms with van der Waals surface area (Å²) in [4.78, 5) is 4.38. The van der Waals surface area contributed by atoms with Crippen molar-refractivity contribution < 1.29 is 0 Å². The molecular weight excluding hydrogens is 208 g/mol. The minimum atomic E-state index is 0.0677. The second-order valence-corrected chi connectivity index (χ2v) is 5.89. The van der Waals surface area contributed by atoms with Crippen LogP contribution in [0.4, 0.5) is 5.82 Å². The third-order valence-corrected chi connectivity index (χ3v) is 2.85. The first kappa shape index (κ1) is 14.0. The van der Waals surface area contributed by atoms with Crippen LogP contribution in [-0.4, -0.2) is 10.5 Å². The maximum atomic E-state index is 4.38. The number of rotatable bonds is 5. The van der Waals surface area contributed by atoms with Crippen molar-refractivity contribution in [2.75, 3.05) is 5.32 Å². The van der Waals surface area contributed by atoms with Gasteiger partial charge in [-0.25, -0.2) is 4.98 Å². The summed E-state index contributed by atoms with van der Waals surface area (Å²) in [6.07, 6.45) is 5.73. The molecule has 2 nitrogen and oxygen atoms in total. The summed E-state index contributed by atoms with van der Waals surface area (Å²) in [5.41, 5.74) is 1.46. The van der Waals surface area contributed by atoms with E-state index in [1.165, 1.54) is 24.8 Å². The van der Waals surface area contributed by atoms with Crippen molar-refractivity contribution >= 4 is 5.82 Å². The lowest BCUT2D eigenvalue weighted by Crippen LogP contribution is -2.26. The summed E-state index contributed by atoms with van der Waals surface area (Å²) >= 11 is 0. The first-order valence-electron chi connectivity index (χ1n) is 6.66. The number of aromatic nitrogens is 1. The Morgan fingerprint density at radius 1 is 1.35 bits per heavy atom. The van der Waals surface area contributed by atoms with Crippen molar-refractivity contribution in [3.05, 3.63) is 23.9 Å². The monoisotopic (exact) mass is 234 g/mol. The molecule has 1 aromatic heterocycles. The SMILES string of the molecule is CCCCC(C)c1ccnc(NC(C)(C)C)c1. The Kier molecular flexibility index (Phi) is 4.98. The van der Waals surface area contributed by atoms with Gasteiger partial charge in [0.2, 0.25) is 0 Å². The Labute approximate surface area is 106 Å². The summed E-state index contributed by atoms with van der Waals surface area (Å²) < 4.78 is 0. The van der Waals surface area contributed by atoms with E-state index in [0.29, 0.717) is 5.92 Å². The van der Waals surface area contributed by atoms with Crippen LogP contribution in [0.25, 0.3) is 0 Å². The van der Waals surface area contributed by atoms with E-state index in [1.807, 2.05) is 6.20 Å². The van der Waals surface area contributed by atoms with Gasteiger partial charge in [0.15, 0.2) is 0 Å². The maximum Gasteiger partial charge on any atom is 0.126 e. The lowest BCUT2D eigenvalue weighted by Gasteiger charge is -2.22. The van der Waals surface area contributed by atoms with Crippen LogP contribution in [0.5, 0.6) is 0 Å². The van der Waals surface area contributed by atoms with Gasteiger partial charge in [0, 0.05) is 11.7 Å². The smallest absolute Gasteiger partial charge is 0.126 e. The Morgan fingerprint density at radius 3 is 2.65 bits per heavy atom. The van der Waals surface area contributed by atoms with Crippen LogP contribution in [0, 0.1) is 0 Å². The number of nitrogens with one attached hydrogen (secondary N) is 1. The van der Waals surface area contributed by atoms with Crippen molar-refractivity contribution in [3.63, 3.8) is 0 Å². The second-order valence-electron chi connectivity index (χ2n) is 5.89. The molecule has 0 bridgehead atoms. The summed E-state index contributed by atoms with van der Waals surface area (Å²) in [6.45, 7) is 11.0. The lowest BCUT2D eigenvalue weighted by atomic mass is 9.96. The van der Waals surface area contributed by atoms with E-state index in [0.717, 1.165) is 5.82 Å². The van der Waals surface area contributed by atoms with E-state index in [2.05, 4.69) is 57.1 Å². The zero-order valence-electron chi connectivity index (χ0n) is 11.9. The molecule has 1 aromatic rings. The molecule has 0 aliphatic heterocycles. The van der Waals surface area contributed by atoms with Crippen molar-refractivity contribution in [2.45, 2.75) is 65.3 Å². The largest absolute Gasteiger partial charge is 0.365 e. The number of hydrogen-bond donors (Lipinski definition) is 1. The van der Waals surface area contributed by atoms with E-state index in [-0.39, 0.29) is 5.54 Å². The summed E-state index contributed by atoms with van der Waals surface area (Å²) in [5, 5.41) is 3.42. The highest BCUT2D eigenvalue weighted by molar-refractivity contribution is 5.40. The Morgan fingerprint density at radius 2 is 2.06 bits per heavy atom. The molecule has 1 atom stereocenters. The third-order valence-electron chi connectivity index (χ3n) is 2.85. The number of nitrogens with zero attached hydrogens (tertiary/aromatic N) is 1. The quantitative estimate of drug-likeness (QED) is 0.806. The van der Waals surface area contributed by atoms with Crippen LogP contribution in [-0.2, 0) is 0 Å². The molecule has 1 rings (SSSR count). The third kappa shape index (κ3) is 5.20. The molecule has 0 fully saturated rings. The molecule has 0 spiro atoms. The van der Waals surface area contributed by atoms with Gasteiger partial charge < -0.3 is 5.32 Å². The average Bonchev–Trinajstić information content (AvgIpc) is 2.24. The highest BCUT2D eigenvalue weighted by Crippen LogP contribution is 2.23. The van der Waals surface area contributed by atoms with Crippen molar-refractivity contribution in [1.82, 2.24) is 4.98 Å². The van der Waals surface area contributed by atoms with Crippen molar-refractivity contribution in [1.29, 1.82) is 0 Å². The van der Waals surface area contributed by atoms with Gasteiger partial charge in [-0.15, -0.1) is 0 Å². The van der Waals surface area contributed by atoms with Gasteiger partial charge in [0.25, 0.3) is 0 Å². The number of pyridine rings is 1. The fourth-order valence-corrected chi connectivity index (χ4v) is 1.88. The normalized spacial score (nSPS) is 13.5. The second kappa shape index (κ2) is 6.04. The van der Waals surface area contributed by atoms with Crippen LogP contribution in [0.2, 0.25) is 0 Å². The first-order chi connectivity index (χ1) is 7.92. The zero-order valence-corrected chi connectivity index (χ0v) is 11.9. The minimum absolute atomic E-state index is 0.0677. The van der Waals surface area contributed by atoms with Gasteiger partial charge in [-0.3, -0.25) is 0 Å². The van der Waals surface area contributed by atoms with Crippen LogP contribution in [0.3, 0.4) is 0 Å². The first-order valence-corrected chi connectivity index (χ1v) is 6.66. The molecule has 1 heterocycles. The topological polar surface area (TPSA) is 24.9 Å². The molecule has 1 N–H and O–H groups in total. The average molecular weight is 234 g/mol. The summed E-state index contributed by atoms with van der Waals surface area (Å²) in [5.74, 6) is 1.61. The van der Waals surface area contributed by atoms with Gasteiger partial charge in [-0.05, 0) is 50.8 Å². The molecule has 0 amide bonds. The molecule has 0 radical (unpaired) electrons. The Balaban J connectivity index is 2.71. The predicted molar refractivity (Wildman–Crippen MR) is 75.6 cm³/mol.